The number of nitrogens with two attached hydrogens (primary N) is 1. The summed E-state index contributed by atoms with van der Waals surface area (Å²) >= 11 is -1.25. The lowest BCUT2D eigenvalue weighted by atomic mass is 9.94. The van der Waals surface area contributed by atoms with Crippen molar-refractivity contribution >= 4 is 90.9 Å². The van der Waals surface area contributed by atoms with Crippen molar-refractivity contribution in [2.24, 2.45) is 5.73 Å². The largest absolute Gasteiger partial charge is 0.397 e. The van der Waals surface area contributed by atoms with Crippen LogP contribution in [0.4, 0.5) is 0 Å². The van der Waals surface area contributed by atoms with Crippen LogP contribution < -0.4 is 5.73 Å². The number of hydrogen-bond donors (Lipinski definition) is 10. The minimum Gasteiger partial charge on any atom is -0.382 e. The second-order valence-electron chi connectivity index (χ2n) is 25.7. The van der Waals surface area contributed by atoms with E-state index in [2.05, 4.69) is 45.9 Å². The van der Waals surface area contributed by atoms with Crippen molar-refractivity contribution in [2.75, 3.05) is 139 Å². The Morgan fingerprint density at radius 3 is 0.772 bits per heavy atom. The zero-order valence-electron chi connectivity index (χ0n) is 66.4. The van der Waals surface area contributed by atoms with Gasteiger partial charge in [0.2, 0.25) is 0 Å². The van der Waals surface area contributed by atoms with E-state index in [9.17, 15) is 62.2 Å². The molecule has 7 aliphatic rings. The van der Waals surface area contributed by atoms with Gasteiger partial charge in [0, 0.05) is 99.0 Å². The van der Waals surface area contributed by atoms with Crippen molar-refractivity contribution in [3.63, 3.8) is 0 Å². The average Bonchev–Trinajstić information content (AvgIpc) is 0.760. The summed E-state index contributed by atoms with van der Waals surface area (Å²) in [6.45, 7) is -5.22. The van der Waals surface area contributed by atoms with Crippen LogP contribution in [0.25, 0.3) is 0 Å². The van der Waals surface area contributed by atoms with E-state index in [0.29, 0.717) is 0 Å². The van der Waals surface area contributed by atoms with Crippen LogP contribution in [0.5, 0.6) is 0 Å². The lowest BCUT2D eigenvalue weighted by Crippen LogP contribution is -2.69. The summed E-state index contributed by atoms with van der Waals surface area (Å²) in [7, 11) is -5.40. The molecule has 11 N–H and O–H groups in total. The first-order valence-corrected chi connectivity index (χ1v) is 43.1. The predicted octanol–water partition coefficient (Wildman–Crippen LogP) is -4.46. The molecule has 0 radical (unpaired) electrons. The minimum absolute atomic E-state index is 0.234. The molecular formula is C55H99NO59S8. The summed E-state index contributed by atoms with van der Waals surface area (Å²) in [5.74, 6) is 0. The van der Waals surface area contributed by atoms with Crippen LogP contribution in [0.3, 0.4) is 0 Å². The SMILES string of the molecule is COCC1O[C@@H](O[C@H]2C(OC)C(OC)[C@H](O[C@H]3C(OC)C(OC)[C@H](O[C@@H]4C(COS(=O)(=O)O)O[C@@H](O)C(OC)[C@H]4OC)O[C@H]3COC)O[C@H]2COC)C(OC)[C@@H](OC)[C@@H]1O[C@H]1OC(CN)[C@@H](O[C@@H]2O[C@@H](COS(=O)(=O)O)[C@@H](O[C@H]3O[C@@H](COS(=O)(=O)O)[C@@H](OSOOO)C(OSOOO)C3OSOOO)C(OSOOO)C2OS(=O)(=O)O)[C@H](OC)C1OC. The number of ether oxygens (including phenoxy) is 26. The minimum atomic E-state index is -5.92. The summed E-state index contributed by atoms with van der Waals surface area (Å²) in [6.07, 6.45) is -58.1. The Bertz CT molecular complexity index is 3450. The molecular weight excluding hydrogens is 1880 g/mol. The molecule has 7 aliphatic heterocycles. The van der Waals surface area contributed by atoms with Gasteiger partial charge in [0.15, 0.2) is 106 Å². The van der Waals surface area contributed by atoms with E-state index in [4.69, 9.17) is 170 Å². The Morgan fingerprint density at radius 2 is 0.496 bits per heavy atom. The molecule has 7 rings (SSSR count). The number of aliphatic hydroxyl groups excluding tert-OH is 1. The molecule has 0 spiro atoms. The predicted molar refractivity (Wildman–Crippen MR) is 383 cm³/mol. The smallest absolute Gasteiger partial charge is 0.382 e. The maximum atomic E-state index is 13.1. The fourth-order valence-electron chi connectivity index (χ4n) is 14.2. The Labute approximate surface area is 718 Å². The quantitative estimate of drug-likeness (QED) is 0.00903. The van der Waals surface area contributed by atoms with E-state index in [0.717, 1.165) is 14.2 Å². The van der Waals surface area contributed by atoms with E-state index in [1.165, 1.54) is 78.2 Å². The molecule has 7 heterocycles. The van der Waals surface area contributed by atoms with Crippen LogP contribution in [0.1, 0.15) is 0 Å². The molecule has 0 amide bonds. The first-order chi connectivity index (χ1) is 58.6. The van der Waals surface area contributed by atoms with E-state index >= 15 is 0 Å². The molecule has 0 aromatic rings. The first-order valence-electron chi connectivity index (χ1n) is 35.0. The molecule has 0 aromatic carbocycles. The molecule has 14 unspecified atom stereocenters. The fourth-order valence-corrected chi connectivity index (χ4v) is 17.1. The standard InChI is InChI=1S/C55H99NO59S8/c1-74-15-22-29(37(79-6)44(84-11)51(92-22)99-30-23(16-75-2)93-52(45(85-12)38(30)80-7)100-31-24(17-76-3)94-53(46(86-13)39(31)81-8)101-32-25(18-87-120(62,63)64)90-49(57)42(82-9)35(32)77-4)98-50-43(83-10)36(78-5)28(21(14-56)91-50)97-55-48(107-123(71,72)73)40(104-117-113-109-59)33(26(95-55)19-88-121(65,66)67)102-54-47(106-119-115-111-61)41(105-118-114-110-60)34(103-116-112-108-58)27(96-54)20-89-122(68,69)70/h21-55,57-61H,14-20,56H2,1-13H3,(H,62,63,64)(H,65,66,67)(H,68,69,70)(H,71,72,73)/t21?,22?,23-,24-,25?,26-,27-,28+,29+,30+,31+,32+,33+,34+,35-,36-,37-,38?,39?,40?,41?,42?,43?,44?,45?,46?,47?,48?,49+,50+,51-,52-,53-,54+,55-/m0/s1. The van der Waals surface area contributed by atoms with E-state index in [-0.39, 0.29) is 56.8 Å². The molecule has 0 aliphatic carbocycles. The highest BCUT2D eigenvalue weighted by atomic mass is 32.3. The maximum absolute atomic E-state index is 13.1. The van der Waals surface area contributed by atoms with Crippen LogP contribution in [0, 0.1) is 0 Å². The second-order valence-corrected chi connectivity index (χ2v) is 31.9. The van der Waals surface area contributed by atoms with Crippen molar-refractivity contribution in [3.8, 4) is 0 Å². The number of hydrogen-bond acceptors (Lipinski definition) is 60. The third kappa shape index (κ3) is 30.6. The molecule has 0 bridgehead atoms. The van der Waals surface area contributed by atoms with Crippen molar-refractivity contribution in [1.29, 1.82) is 0 Å². The van der Waals surface area contributed by atoms with Gasteiger partial charge < -0.3 is 134 Å². The molecule has 0 aromatic heterocycles. The van der Waals surface area contributed by atoms with E-state index in [1.807, 2.05) is 0 Å². The van der Waals surface area contributed by atoms with Gasteiger partial charge in [-0.1, -0.05) is 20.2 Å². The van der Waals surface area contributed by atoms with Gasteiger partial charge in [-0.25, -0.2) is 37.8 Å². The van der Waals surface area contributed by atoms with Gasteiger partial charge in [0.05, 0.1) is 39.6 Å². The van der Waals surface area contributed by atoms with Crippen LogP contribution in [-0.2, 0) is 236 Å². The summed E-state index contributed by atoms with van der Waals surface area (Å²) in [5.41, 5.74) is 6.44. The van der Waals surface area contributed by atoms with Crippen LogP contribution in [0.15, 0.2) is 0 Å². The average molecular weight is 1970 g/mol. The Morgan fingerprint density at radius 1 is 0.268 bits per heavy atom. The van der Waals surface area contributed by atoms with E-state index in [1.54, 1.807) is 0 Å². The van der Waals surface area contributed by atoms with Gasteiger partial charge in [-0.2, -0.15) is 33.7 Å². The van der Waals surface area contributed by atoms with Crippen LogP contribution in [-0.4, -0.2) is 432 Å². The highest BCUT2D eigenvalue weighted by molar-refractivity contribution is 7.90. The van der Waals surface area contributed by atoms with Gasteiger partial charge in [0.1, 0.15) is 159 Å². The number of aliphatic hydroxyl groups is 1. The molecule has 7 fully saturated rings. The Balaban J connectivity index is 1.19. The molecule has 68 heteroatoms. The highest BCUT2D eigenvalue weighted by Crippen LogP contribution is 2.44. The van der Waals surface area contributed by atoms with Crippen molar-refractivity contribution < 1.29 is 272 Å². The first kappa shape index (κ1) is 109. The van der Waals surface area contributed by atoms with Crippen LogP contribution in [0.2, 0.25) is 0 Å². The number of rotatable bonds is 56. The maximum Gasteiger partial charge on any atom is 0.397 e. The topological polar surface area (TPSA) is 732 Å². The summed E-state index contributed by atoms with van der Waals surface area (Å²) < 4.78 is 357. The zero-order chi connectivity index (χ0) is 90.7. The van der Waals surface area contributed by atoms with Crippen molar-refractivity contribution in [3.05, 3.63) is 0 Å². The lowest BCUT2D eigenvalue weighted by Gasteiger charge is -2.52. The van der Waals surface area contributed by atoms with Crippen LogP contribution >= 0.6 is 49.3 Å². The molecule has 726 valence electrons. The van der Waals surface area contributed by atoms with Gasteiger partial charge in [-0.15, -0.1) is 17.3 Å². The van der Waals surface area contributed by atoms with Gasteiger partial charge >= 0.3 is 41.6 Å². The monoisotopic (exact) mass is 1970 g/mol. The van der Waals surface area contributed by atoms with Gasteiger partial charge in [-0.05, 0) is 0 Å². The molecule has 0 saturated carbocycles. The fraction of sp³-hybridized carbons (Fsp3) is 1.00. The second kappa shape index (κ2) is 53.3. The summed E-state index contributed by atoms with van der Waals surface area (Å²) in [6, 6.07) is 0. The van der Waals surface area contributed by atoms with Crippen molar-refractivity contribution in [2.45, 2.75) is 215 Å². The Kier molecular flexibility index (Phi) is 47.3. The lowest BCUT2D eigenvalue weighted by molar-refractivity contribution is -0.437. The molecule has 7 saturated heterocycles. The Hall–Kier alpha value is -0.880. The highest BCUT2D eigenvalue weighted by Gasteiger charge is 2.63. The number of methoxy groups -OCH3 is 13. The van der Waals surface area contributed by atoms with Gasteiger partial charge in [0.25, 0.3) is 0 Å². The molecule has 123 heavy (non-hydrogen) atoms. The van der Waals surface area contributed by atoms with Gasteiger partial charge in [-0.3, -0.25) is 34.9 Å². The van der Waals surface area contributed by atoms with E-state index < -0.39 is 295 Å². The zero-order valence-corrected chi connectivity index (χ0v) is 73.0. The summed E-state index contributed by atoms with van der Waals surface area (Å²) in [5, 5.41) is 61.3. The third-order valence-corrected chi connectivity index (χ3v) is 22.5. The normalized spacial score (nSPS) is 38.8. The molecule has 35 atom stereocenters. The van der Waals surface area contributed by atoms with Crippen molar-refractivity contribution in [1.82, 2.24) is 0 Å². The molecule has 60 nitrogen and oxygen atoms in total. The summed E-state index contributed by atoms with van der Waals surface area (Å²) in [4.78, 5) is 0. The third-order valence-electron chi connectivity index (χ3n) is 19.1.